The summed E-state index contributed by atoms with van der Waals surface area (Å²) in [7, 11) is 0. The molecule has 1 aliphatic carbocycles. The lowest BCUT2D eigenvalue weighted by molar-refractivity contribution is -0.128. The first-order valence-corrected chi connectivity index (χ1v) is 9.44. The molecule has 0 radical (unpaired) electrons. The summed E-state index contributed by atoms with van der Waals surface area (Å²) in [6, 6.07) is 3.59. The highest BCUT2D eigenvalue weighted by Gasteiger charge is 2.43. The lowest BCUT2D eigenvalue weighted by atomic mass is 9.95. The van der Waals surface area contributed by atoms with Crippen molar-refractivity contribution < 1.29 is 19.4 Å². The molecule has 1 aromatic rings. The first-order valence-electron chi connectivity index (χ1n) is 9.44. The summed E-state index contributed by atoms with van der Waals surface area (Å²) in [6.45, 7) is 2.90. The van der Waals surface area contributed by atoms with Crippen molar-refractivity contribution in [1.29, 1.82) is 0 Å². The Morgan fingerprint density at radius 2 is 1.96 bits per heavy atom. The van der Waals surface area contributed by atoms with Crippen molar-refractivity contribution >= 4 is 17.6 Å². The fraction of sp³-hybridized carbons (Fsp3) is 0.632. The minimum absolute atomic E-state index is 0.0530. The van der Waals surface area contributed by atoms with Crippen LogP contribution < -0.4 is 10.2 Å². The first-order chi connectivity index (χ1) is 12.6. The number of carboxylic acids is 1. The van der Waals surface area contributed by atoms with Gasteiger partial charge < -0.3 is 20.1 Å². The SMILES string of the molecule is O=C(O)c1cc(N2C[C@@H](NC(=O)C3CCOCC3)[C@H](C3CC3)C2)ccn1. The Hall–Kier alpha value is -2.15. The summed E-state index contributed by atoms with van der Waals surface area (Å²) in [5, 5.41) is 12.5. The summed E-state index contributed by atoms with van der Waals surface area (Å²) in [6.07, 6.45) is 5.57. The van der Waals surface area contributed by atoms with Crippen LogP contribution in [0.15, 0.2) is 18.3 Å². The number of nitrogens with one attached hydrogen (secondary N) is 1. The van der Waals surface area contributed by atoms with Crippen LogP contribution in [0.4, 0.5) is 5.69 Å². The average molecular weight is 359 g/mol. The molecule has 26 heavy (non-hydrogen) atoms. The number of aromatic carboxylic acids is 1. The van der Waals surface area contributed by atoms with E-state index in [0.717, 1.165) is 31.6 Å². The van der Waals surface area contributed by atoms with Crippen LogP contribution in [0, 0.1) is 17.8 Å². The van der Waals surface area contributed by atoms with Gasteiger partial charge in [-0.25, -0.2) is 9.78 Å². The number of carbonyl (C=O) groups excluding carboxylic acids is 1. The molecule has 3 aliphatic rings. The zero-order valence-electron chi connectivity index (χ0n) is 14.8. The van der Waals surface area contributed by atoms with Gasteiger partial charge in [-0.2, -0.15) is 0 Å². The molecule has 2 aliphatic heterocycles. The number of rotatable bonds is 5. The maximum Gasteiger partial charge on any atom is 0.354 e. The van der Waals surface area contributed by atoms with E-state index in [9.17, 15) is 9.59 Å². The fourth-order valence-corrected chi connectivity index (χ4v) is 4.19. The van der Waals surface area contributed by atoms with Crippen LogP contribution in [0.3, 0.4) is 0 Å². The molecule has 1 saturated carbocycles. The van der Waals surface area contributed by atoms with E-state index in [-0.39, 0.29) is 23.6 Å². The second-order valence-electron chi connectivity index (χ2n) is 7.61. The molecule has 1 amide bonds. The molecule has 0 unspecified atom stereocenters. The Morgan fingerprint density at radius 3 is 2.65 bits per heavy atom. The second-order valence-corrected chi connectivity index (χ2v) is 7.61. The van der Waals surface area contributed by atoms with Gasteiger partial charge in [-0.05, 0) is 43.7 Å². The number of pyridine rings is 1. The van der Waals surface area contributed by atoms with E-state index in [1.807, 2.05) is 6.07 Å². The number of carbonyl (C=O) groups is 2. The van der Waals surface area contributed by atoms with Crippen LogP contribution >= 0.6 is 0 Å². The highest BCUT2D eigenvalue weighted by atomic mass is 16.5. The molecular weight excluding hydrogens is 334 g/mol. The highest BCUT2D eigenvalue weighted by molar-refractivity contribution is 5.86. The van der Waals surface area contributed by atoms with E-state index in [0.29, 0.717) is 25.0 Å². The molecule has 3 heterocycles. The monoisotopic (exact) mass is 359 g/mol. The highest BCUT2D eigenvalue weighted by Crippen LogP contribution is 2.42. The molecule has 1 aromatic heterocycles. The minimum Gasteiger partial charge on any atom is -0.477 e. The molecule has 0 aromatic carbocycles. The van der Waals surface area contributed by atoms with Gasteiger partial charge >= 0.3 is 5.97 Å². The number of hydrogen-bond acceptors (Lipinski definition) is 5. The summed E-state index contributed by atoms with van der Waals surface area (Å²) < 4.78 is 5.35. The number of hydrogen-bond donors (Lipinski definition) is 2. The van der Waals surface area contributed by atoms with Crippen molar-refractivity contribution in [2.24, 2.45) is 17.8 Å². The zero-order chi connectivity index (χ0) is 18.1. The smallest absolute Gasteiger partial charge is 0.354 e. The first kappa shape index (κ1) is 17.3. The van der Waals surface area contributed by atoms with Gasteiger partial charge in [0.2, 0.25) is 5.91 Å². The third-order valence-corrected chi connectivity index (χ3v) is 5.84. The molecule has 140 valence electrons. The van der Waals surface area contributed by atoms with Crippen molar-refractivity contribution in [2.45, 2.75) is 31.7 Å². The van der Waals surface area contributed by atoms with E-state index >= 15 is 0 Å². The second kappa shape index (κ2) is 7.23. The lowest BCUT2D eigenvalue weighted by Gasteiger charge is -2.25. The van der Waals surface area contributed by atoms with Gasteiger partial charge in [0, 0.05) is 50.0 Å². The van der Waals surface area contributed by atoms with Crippen LogP contribution in [0.25, 0.3) is 0 Å². The van der Waals surface area contributed by atoms with Crippen molar-refractivity contribution in [3.05, 3.63) is 24.0 Å². The summed E-state index contributed by atoms with van der Waals surface area (Å²) in [5.41, 5.74) is 0.922. The fourth-order valence-electron chi connectivity index (χ4n) is 4.19. The molecule has 3 fully saturated rings. The summed E-state index contributed by atoms with van der Waals surface area (Å²) >= 11 is 0. The number of anilines is 1. The van der Waals surface area contributed by atoms with E-state index in [4.69, 9.17) is 9.84 Å². The Labute approximate surface area is 152 Å². The molecule has 4 rings (SSSR count). The molecule has 0 spiro atoms. The Balaban J connectivity index is 1.46. The van der Waals surface area contributed by atoms with Gasteiger partial charge in [0.25, 0.3) is 0 Å². The Kier molecular flexibility index (Phi) is 4.80. The number of amides is 1. The van der Waals surface area contributed by atoms with Crippen LogP contribution in [-0.4, -0.2) is 54.3 Å². The predicted octanol–water partition coefficient (Wildman–Crippen LogP) is 1.54. The van der Waals surface area contributed by atoms with Crippen LogP contribution in [0.5, 0.6) is 0 Å². The molecule has 2 saturated heterocycles. The predicted molar refractivity (Wildman–Crippen MR) is 95.1 cm³/mol. The molecule has 7 heteroatoms. The van der Waals surface area contributed by atoms with Crippen molar-refractivity contribution in [2.75, 3.05) is 31.2 Å². The van der Waals surface area contributed by atoms with E-state index in [1.165, 1.54) is 12.8 Å². The quantitative estimate of drug-likeness (QED) is 0.829. The maximum atomic E-state index is 12.7. The van der Waals surface area contributed by atoms with E-state index in [1.54, 1.807) is 12.3 Å². The van der Waals surface area contributed by atoms with Crippen LogP contribution in [-0.2, 0) is 9.53 Å². The lowest BCUT2D eigenvalue weighted by Crippen LogP contribution is -2.45. The van der Waals surface area contributed by atoms with Gasteiger partial charge in [-0.15, -0.1) is 0 Å². The van der Waals surface area contributed by atoms with Crippen molar-refractivity contribution in [3.63, 3.8) is 0 Å². The number of nitrogens with zero attached hydrogens (tertiary/aromatic N) is 2. The summed E-state index contributed by atoms with van der Waals surface area (Å²) in [5.74, 6) is 0.277. The normalized spacial score (nSPS) is 26.7. The largest absolute Gasteiger partial charge is 0.477 e. The van der Waals surface area contributed by atoms with Gasteiger partial charge in [-0.3, -0.25) is 4.79 Å². The van der Waals surface area contributed by atoms with Gasteiger partial charge in [0.15, 0.2) is 0 Å². The third kappa shape index (κ3) is 3.67. The molecular formula is C19H25N3O4. The zero-order valence-corrected chi connectivity index (χ0v) is 14.8. The molecule has 2 atom stereocenters. The van der Waals surface area contributed by atoms with Crippen molar-refractivity contribution in [1.82, 2.24) is 10.3 Å². The molecule has 0 bridgehead atoms. The number of ether oxygens (including phenoxy) is 1. The average Bonchev–Trinajstić information content (AvgIpc) is 3.43. The minimum atomic E-state index is -1.02. The van der Waals surface area contributed by atoms with Gasteiger partial charge in [-0.1, -0.05) is 0 Å². The standard InChI is InChI=1S/C19H25N3O4/c23-18(13-4-7-26-8-5-13)21-17-11-22(10-15(17)12-1-2-12)14-3-6-20-16(9-14)19(24)25/h3,6,9,12-13,15,17H,1-2,4-5,7-8,10-11H2,(H,21,23)(H,24,25)/t15-,17+/m0/s1. The Bertz CT molecular complexity index is 685. The van der Waals surface area contributed by atoms with Gasteiger partial charge in [0.05, 0.1) is 6.04 Å². The van der Waals surface area contributed by atoms with Crippen molar-refractivity contribution in [3.8, 4) is 0 Å². The van der Waals surface area contributed by atoms with E-state index in [2.05, 4.69) is 15.2 Å². The number of aromatic nitrogens is 1. The topological polar surface area (TPSA) is 91.8 Å². The van der Waals surface area contributed by atoms with Gasteiger partial charge in [0.1, 0.15) is 5.69 Å². The maximum absolute atomic E-state index is 12.7. The van der Waals surface area contributed by atoms with E-state index < -0.39 is 5.97 Å². The number of carboxylic acid groups (broad SMARTS) is 1. The Morgan fingerprint density at radius 1 is 1.19 bits per heavy atom. The molecule has 7 nitrogen and oxygen atoms in total. The third-order valence-electron chi connectivity index (χ3n) is 5.84. The molecule has 2 N–H and O–H groups in total. The van der Waals surface area contributed by atoms with Crippen LogP contribution in [0.1, 0.15) is 36.2 Å². The summed E-state index contributed by atoms with van der Waals surface area (Å²) in [4.78, 5) is 29.9. The van der Waals surface area contributed by atoms with Crippen LogP contribution in [0.2, 0.25) is 0 Å².